The largest absolute Gasteiger partial charge is 0.330 e. The Morgan fingerprint density at radius 2 is 2.16 bits per heavy atom. The molecule has 0 bridgehead atoms. The molecule has 2 aliphatic rings. The maximum Gasteiger partial charge on any atom is 0.325 e. The van der Waals surface area contributed by atoms with Crippen molar-refractivity contribution in [1.82, 2.24) is 10.2 Å². The number of unbranched alkanes of at least 4 members (excludes halogenated alkanes) is 2. The van der Waals surface area contributed by atoms with Crippen LogP contribution in [0.5, 0.6) is 0 Å². The molecule has 19 heavy (non-hydrogen) atoms. The molecule has 0 aromatic carbocycles. The molecule has 2 atom stereocenters. The highest BCUT2D eigenvalue weighted by Crippen LogP contribution is 2.38. The quantitative estimate of drug-likeness (QED) is 0.587. The van der Waals surface area contributed by atoms with Crippen molar-refractivity contribution in [3.05, 3.63) is 0 Å². The second-order valence-electron chi connectivity index (χ2n) is 5.74. The first kappa shape index (κ1) is 14.3. The number of amides is 3. The summed E-state index contributed by atoms with van der Waals surface area (Å²) in [7, 11) is 0. The Bertz CT molecular complexity index is 359. The van der Waals surface area contributed by atoms with Gasteiger partial charge in [0.2, 0.25) is 0 Å². The Morgan fingerprint density at radius 3 is 2.84 bits per heavy atom. The molecule has 0 aromatic rings. The van der Waals surface area contributed by atoms with Crippen molar-refractivity contribution in [2.75, 3.05) is 13.1 Å². The van der Waals surface area contributed by atoms with E-state index in [9.17, 15) is 9.59 Å². The third-order valence-electron chi connectivity index (χ3n) is 4.54. The molecule has 3 N–H and O–H groups in total. The normalized spacial score (nSPS) is 31.1. The van der Waals surface area contributed by atoms with Gasteiger partial charge in [-0.2, -0.15) is 0 Å². The second kappa shape index (κ2) is 5.90. The molecule has 5 nitrogen and oxygen atoms in total. The predicted molar refractivity (Wildman–Crippen MR) is 73.5 cm³/mol. The molecule has 5 heteroatoms. The molecule has 0 aromatic heterocycles. The van der Waals surface area contributed by atoms with E-state index in [1.807, 2.05) is 0 Å². The molecular formula is C14H25N3O2. The van der Waals surface area contributed by atoms with Crippen molar-refractivity contribution >= 4 is 11.9 Å². The first-order valence-electron chi connectivity index (χ1n) is 7.50. The lowest BCUT2D eigenvalue weighted by atomic mass is 9.72. The first-order valence-corrected chi connectivity index (χ1v) is 7.50. The minimum atomic E-state index is -0.698. The van der Waals surface area contributed by atoms with Crippen molar-refractivity contribution in [1.29, 1.82) is 0 Å². The number of imide groups is 1. The molecule has 1 heterocycles. The molecule has 1 saturated heterocycles. The highest BCUT2D eigenvalue weighted by Gasteiger charge is 2.55. The summed E-state index contributed by atoms with van der Waals surface area (Å²) in [6, 6.07) is -0.221. The summed E-state index contributed by atoms with van der Waals surface area (Å²) in [5, 5.41) is 2.95. The maximum atomic E-state index is 12.6. The van der Waals surface area contributed by atoms with Crippen molar-refractivity contribution in [3.8, 4) is 0 Å². The topological polar surface area (TPSA) is 75.4 Å². The van der Waals surface area contributed by atoms with Crippen LogP contribution in [0.25, 0.3) is 0 Å². The van der Waals surface area contributed by atoms with Gasteiger partial charge in [0.25, 0.3) is 5.91 Å². The van der Waals surface area contributed by atoms with E-state index in [0.717, 1.165) is 44.9 Å². The molecular weight excluding hydrogens is 242 g/mol. The maximum absolute atomic E-state index is 12.6. The van der Waals surface area contributed by atoms with Gasteiger partial charge in [-0.15, -0.1) is 0 Å². The van der Waals surface area contributed by atoms with Crippen LogP contribution in [0.3, 0.4) is 0 Å². The minimum absolute atomic E-state index is 0.0382. The Hall–Kier alpha value is -1.10. The molecule has 0 radical (unpaired) electrons. The van der Waals surface area contributed by atoms with Crippen LogP contribution in [0, 0.1) is 5.92 Å². The molecule has 2 rings (SSSR count). The van der Waals surface area contributed by atoms with Gasteiger partial charge in [-0.05, 0) is 25.8 Å². The Balaban J connectivity index is 2.11. The molecule has 1 aliphatic carbocycles. The molecule has 1 aliphatic heterocycles. The summed E-state index contributed by atoms with van der Waals surface area (Å²) in [4.78, 5) is 26.1. The van der Waals surface area contributed by atoms with Crippen LogP contribution in [0.2, 0.25) is 0 Å². The summed E-state index contributed by atoms with van der Waals surface area (Å²) in [5.74, 6) is 0.0534. The van der Waals surface area contributed by atoms with Crippen molar-refractivity contribution < 1.29 is 9.59 Å². The number of hydrogen-bond acceptors (Lipinski definition) is 3. The van der Waals surface area contributed by atoms with Gasteiger partial charge >= 0.3 is 6.03 Å². The number of nitrogens with zero attached hydrogens (tertiary/aromatic N) is 1. The van der Waals surface area contributed by atoms with Gasteiger partial charge in [-0.1, -0.05) is 32.6 Å². The van der Waals surface area contributed by atoms with Gasteiger partial charge in [0.1, 0.15) is 5.54 Å². The second-order valence-corrected chi connectivity index (χ2v) is 5.74. The van der Waals surface area contributed by atoms with Crippen LogP contribution >= 0.6 is 0 Å². The molecule has 1 spiro atoms. The minimum Gasteiger partial charge on any atom is -0.330 e. The van der Waals surface area contributed by atoms with Crippen LogP contribution < -0.4 is 11.1 Å². The van der Waals surface area contributed by atoms with E-state index >= 15 is 0 Å². The summed E-state index contributed by atoms with van der Waals surface area (Å²) in [5.41, 5.74) is 5.11. The summed E-state index contributed by atoms with van der Waals surface area (Å²) in [6.07, 6.45) is 6.78. The lowest BCUT2D eigenvalue weighted by molar-refractivity contribution is -0.134. The van der Waals surface area contributed by atoms with Crippen molar-refractivity contribution in [2.24, 2.45) is 11.7 Å². The van der Waals surface area contributed by atoms with E-state index in [1.165, 1.54) is 4.90 Å². The van der Waals surface area contributed by atoms with Gasteiger partial charge in [-0.25, -0.2) is 4.79 Å². The van der Waals surface area contributed by atoms with Gasteiger partial charge in [0.15, 0.2) is 0 Å². The zero-order chi connectivity index (χ0) is 13.9. The van der Waals surface area contributed by atoms with E-state index in [4.69, 9.17) is 5.73 Å². The van der Waals surface area contributed by atoms with Crippen LogP contribution in [0.15, 0.2) is 0 Å². The fourth-order valence-corrected chi connectivity index (χ4v) is 3.38. The lowest BCUT2D eigenvalue weighted by Crippen LogP contribution is -2.57. The third-order valence-corrected chi connectivity index (χ3v) is 4.54. The van der Waals surface area contributed by atoms with Crippen molar-refractivity contribution in [2.45, 2.75) is 57.4 Å². The number of rotatable bonds is 5. The number of carbonyl (C=O) groups is 2. The highest BCUT2D eigenvalue weighted by atomic mass is 16.2. The highest BCUT2D eigenvalue weighted by molar-refractivity contribution is 6.07. The average molecular weight is 267 g/mol. The number of nitrogens with two attached hydrogens (primary N) is 1. The Kier molecular flexibility index (Phi) is 4.45. The smallest absolute Gasteiger partial charge is 0.325 e. The molecule has 2 fully saturated rings. The van der Waals surface area contributed by atoms with Crippen LogP contribution in [-0.4, -0.2) is 35.5 Å². The molecule has 2 unspecified atom stereocenters. The molecule has 108 valence electrons. The van der Waals surface area contributed by atoms with Gasteiger partial charge < -0.3 is 11.1 Å². The van der Waals surface area contributed by atoms with E-state index in [1.54, 1.807) is 0 Å². The van der Waals surface area contributed by atoms with Crippen LogP contribution in [0.1, 0.15) is 51.9 Å². The van der Waals surface area contributed by atoms with E-state index in [0.29, 0.717) is 13.1 Å². The number of carbonyl (C=O) groups excluding carboxylic acids is 2. The van der Waals surface area contributed by atoms with Gasteiger partial charge in [-0.3, -0.25) is 9.69 Å². The lowest BCUT2D eigenvalue weighted by Gasteiger charge is -2.38. The van der Waals surface area contributed by atoms with Crippen molar-refractivity contribution in [3.63, 3.8) is 0 Å². The van der Waals surface area contributed by atoms with Gasteiger partial charge in [0, 0.05) is 12.5 Å². The number of nitrogens with one attached hydrogen (secondary N) is 1. The fraction of sp³-hybridized carbons (Fsp3) is 0.857. The first-order chi connectivity index (χ1) is 9.15. The summed E-state index contributed by atoms with van der Waals surface area (Å²) in [6.45, 7) is 3.12. The summed E-state index contributed by atoms with van der Waals surface area (Å²) >= 11 is 0. The fourth-order valence-electron chi connectivity index (χ4n) is 3.38. The van der Waals surface area contributed by atoms with Gasteiger partial charge in [0.05, 0.1) is 0 Å². The predicted octanol–water partition coefficient (Wildman–Crippen LogP) is 1.62. The standard InChI is InChI=1S/C14H25N3O2/c1-2-3-6-9-17-12(18)14(16-13(17)19)8-5-4-7-11(14)10-15/h11H,2-10,15H2,1H3,(H,16,19). The number of urea groups is 1. The summed E-state index contributed by atoms with van der Waals surface area (Å²) < 4.78 is 0. The Labute approximate surface area is 114 Å². The SMILES string of the molecule is CCCCCN1C(=O)NC2(CCCCC2CN)C1=O. The zero-order valence-corrected chi connectivity index (χ0v) is 11.8. The van der Waals surface area contributed by atoms with Crippen LogP contribution in [-0.2, 0) is 4.79 Å². The average Bonchev–Trinajstić information content (AvgIpc) is 2.64. The zero-order valence-electron chi connectivity index (χ0n) is 11.8. The number of hydrogen-bond donors (Lipinski definition) is 2. The molecule has 1 saturated carbocycles. The van der Waals surface area contributed by atoms with Crippen LogP contribution in [0.4, 0.5) is 4.79 Å². The molecule has 3 amide bonds. The Morgan fingerprint density at radius 1 is 1.37 bits per heavy atom. The monoisotopic (exact) mass is 267 g/mol. The van der Waals surface area contributed by atoms with E-state index < -0.39 is 5.54 Å². The van der Waals surface area contributed by atoms with E-state index in [2.05, 4.69) is 12.2 Å². The third kappa shape index (κ3) is 2.48. The van der Waals surface area contributed by atoms with E-state index in [-0.39, 0.29) is 17.9 Å².